The standard InChI is InChI=1S/C9H12N2O4S3/c1-17(12,13)6-18(14,15)11-8-4-2-7(3-5-8)9(10)16/h2-5,11H,6H2,1H3,(H2,10,16). The predicted molar refractivity (Wildman–Crippen MR) is 74.6 cm³/mol. The van der Waals surface area contributed by atoms with Gasteiger partial charge in [0.15, 0.2) is 14.9 Å². The van der Waals surface area contributed by atoms with Crippen molar-refractivity contribution in [3.63, 3.8) is 0 Å². The second-order valence-corrected chi connectivity index (χ2v) is 8.37. The summed E-state index contributed by atoms with van der Waals surface area (Å²) in [6, 6.07) is 5.99. The average Bonchev–Trinajstić information content (AvgIpc) is 2.13. The van der Waals surface area contributed by atoms with Crippen molar-refractivity contribution in [1.29, 1.82) is 0 Å². The molecule has 0 heterocycles. The van der Waals surface area contributed by atoms with Gasteiger partial charge in [-0.1, -0.05) is 12.2 Å². The predicted octanol–water partition coefficient (Wildman–Crippen LogP) is 0.0646. The molecule has 0 radical (unpaired) electrons. The van der Waals surface area contributed by atoms with E-state index < -0.39 is 24.9 Å². The smallest absolute Gasteiger partial charge is 0.247 e. The van der Waals surface area contributed by atoms with E-state index in [0.717, 1.165) is 6.26 Å². The van der Waals surface area contributed by atoms with E-state index in [9.17, 15) is 16.8 Å². The molecule has 0 saturated heterocycles. The third-order valence-corrected chi connectivity index (χ3v) is 5.55. The van der Waals surface area contributed by atoms with Crippen LogP contribution in [0.3, 0.4) is 0 Å². The first-order chi connectivity index (χ1) is 8.09. The van der Waals surface area contributed by atoms with Crippen LogP contribution in [0, 0.1) is 0 Å². The number of rotatable bonds is 5. The molecule has 9 heteroatoms. The molecule has 6 nitrogen and oxygen atoms in total. The second-order valence-electron chi connectivity index (χ2n) is 3.70. The average molecular weight is 308 g/mol. The van der Waals surface area contributed by atoms with Crippen LogP contribution >= 0.6 is 12.2 Å². The summed E-state index contributed by atoms with van der Waals surface area (Å²) in [5.41, 5.74) is 6.23. The van der Waals surface area contributed by atoms with Crippen molar-refractivity contribution in [2.75, 3.05) is 16.1 Å². The monoisotopic (exact) mass is 308 g/mol. The molecule has 0 amide bonds. The number of nitrogens with one attached hydrogen (secondary N) is 1. The summed E-state index contributed by atoms with van der Waals surface area (Å²) in [6.45, 7) is 0. The minimum Gasteiger partial charge on any atom is -0.389 e. The van der Waals surface area contributed by atoms with Crippen LogP contribution < -0.4 is 10.5 Å². The summed E-state index contributed by atoms with van der Waals surface area (Å²) in [7, 11) is -7.54. The lowest BCUT2D eigenvalue weighted by atomic mass is 10.2. The van der Waals surface area contributed by atoms with Crippen LogP contribution in [0.2, 0.25) is 0 Å². The molecule has 100 valence electrons. The molecule has 0 aliphatic carbocycles. The number of thiocarbonyl (C=S) groups is 1. The van der Waals surface area contributed by atoms with Crippen molar-refractivity contribution in [1.82, 2.24) is 0 Å². The van der Waals surface area contributed by atoms with Gasteiger partial charge in [-0.15, -0.1) is 0 Å². The Kier molecular flexibility index (Phi) is 4.30. The van der Waals surface area contributed by atoms with Crippen LogP contribution in [0.25, 0.3) is 0 Å². The maximum atomic E-state index is 11.5. The minimum atomic E-state index is -3.93. The maximum Gasteiger partial charge on any atom is 0.247 e. The zero-order valence-corrected chi connectivity index (χ0v) is 11.9. The molecule has 1 aromatic rings. The van der Waals surface area contributed by atoms with E-state index in [1.807, 2.05) is 0 Å². The van der Waals surface area contributed by atoms with Gasteiger partial charge in [0.05, 0.1) is 0 Å². The van der Waals surface area contributed by atoms with Gasteiger partial charge in [-0.3, -0.25) is 4.72 Å². The maximum absolute atomic E-state index is 11.5. The lowest BCUT2D eigenvalue weighted by molar-refractivity contribution is 0.595. The molecular formula is C9H12N2O4S3. The third kappa shape index (κ3) is 4.98. The van der Waals surface area contributed by atoms with E-state index in [0.29, 0.717) is 5.56 Å². The van der Waals surface area contributed by atoms with E-state index in [2.05, 4.69) is 4.72 Å². The Balaban J connectivity index is 2.88. The van der Waals surface area contributed by atoms with Gasteiger partial charge < -0.3 is 5.73 Å². The highest BCUT2D eigenvalue weighted by atomic mass is 32.3. The summed E-state index contributed by atoms with van der Waals surface area (Å²) >= 11 is 4.75. The molecule has 0 aromatic heterocycles. The first kappa shape index (κ1) is 14.9. The quantitative estimate of drug-likeness (QED) is 0.745. The molecule has 0 aliphatic heterocycles. The first-order valence-electron chi connectivity index (χ1n) is 4.67. The van der Waals surface area contributed by atoms with Crippen LogP contribution in [-0.4, -0.2) is 33.2 Å². The Hall–Kier alpha value is -1.19. The van der Waals surface area contributed by atoms with Crippen molar-refractivity contribution in [2.24, 2.45) is 5.73 Å². The Bertz CT molecular complexity index is 648. The van der Waals surface area contributed by atoms with Gasteiger partial charge in [0.1, 0.15) is 4.99 Å². The fraction of sp³-hybridized carbons (Fsp3) is 0.222. The van der Waals surface area contributed by atoms with Crippen LogP contribution in [0.15, 0.2) is 24.3 Å². The van der Waals surface area contributed by atoms with Crippen LogP contribution in [-0.2, 0) is 19.9 Å². The van der Waals surface area contributed by atoms with Gasteiger partial charge in [0.25, 0.3) is 0 Å². The number of nitrogens with two attached hydrogens (primary N) is 1. The van der Waals surface area contributed by atoms with E-state index in [1.165, 1.54) is 12.1 Å². The molecule has 0 fully saturated rings. The molecule has 1 aromatic carbocycles. The number of anilines is 1. The van der Waals surface area contributed by atoms with E-state index in [4.69, 9.17) is 18.0 Å². The van der Waals surface area contributed by atoms with Crippen molar-refractivity contribution < 1.29 is 16.8 Å². The van der Waals surface area contributed by atoms with E-state index in [1.54, 1.807) is 12.1 Å². The number of hydrogen-bond donors (Lipinski definition) is 2. The number of sulfonamides is 1. The summed E-state index contributed by atoms with van der Waals surface area (Å²) in [4.78, 5) is 0.195. The number of benzene rings is 1. The highest BCUT2D eigenvalue weighted by molar-refractivity contribution is 8.08. The van der Waals surface area contributed by atoms with Gasteiger partial charge in [-0.05, 0) is 24.3 Å². The van der Waals surface area contributed by atoms with Crippen LogP contribution in [0.1, 0.15) is 5.56 Å². The normalized spacial score (nSPS) is 12.1. The molecule has 0 spiro atoms. The van der Waals surface area contributed by atoms with Gasteiger partial charge >= 0.3 is 0 Å². The topological polar surface area (TPSA) is 106 Å². The Labute approximate surface area is 111 Å². The van der Waals surface area contributed by atoms with Gasteiger partial charge in [-0.25, -0.2) is 16.8 Å². The molecule has 18 heavy (non-hydrogen) atoms. The fourth-order valence-electron chi connectivity index (χ4n) is 1.19. The molecule has 1 rings (SSSR count). The minimum absolute atomic E-state index is 0.195. The lowest BCUT2D eigenvalue weighted by Crippen LogP contribution is -2.22. The van der Waals surface area contributed by atoms with Crippen molar-refractivity contribution in [2.45, 2.75) is 0 Å². The lowest BCUT2D eigenvalue weighted by Gasteiger charge is -2.07. The summed E-state index contributed by atoms with van der Waals surface area (Å²) < 4.78 is 47.0. The zero-order chi connectivity index (χ0) is 14.0. The van der Waals surface area contributed by atoms with Crippen molar-refractivity contribution in [3.05, 3.63) is 29.8 Å². The van der Waals surface area contributed by atoms with E-state index >= 15 is 0 Å². The van der Waals surface area contributed by atoms with Gasteiger partial charge in [0.2, 0.25) is 10.0 Å². The molecule has 0 unspecified atom stereocenters. The fourth-order valence-corrected chi connectivity index (χ4v) is 4.32. The Morgan fingerprint density at radius 1 is 1.22 bits per heavy atom. The summed E-state index contributed by atoms with van der Waals surface area (Å²) in [6.07, 6.45) is 0.849. The molecule has 0 saturated carbocycles. The highest BCUT2D eigenvalue weighted by Gasteiger charge is 2.17. The molecule has 0 bridgehead atoms. The third-order valence-electron chi connectivity index (χ3n) is 1.81. The Morgan fingerprint density at radius 2 is 1.72 bits per heavy atom. The molecule has 0 aliphatic rings. The van der Waals surface area contributed by atoms with E-state index in [-0.39, 0.29) is 10.7 Å². The van der Waals surface area contributed by atoms with Gasteiger partial charge in [-0.2, -0.15) is 0 Å². The second kappa shape index (κ2) is 5.21. The van der Waals surface area contributed by atoms with Crippen molar-refractivity contribution >= 4 is 42.8 Å². The number of sulfone groups is 1. The largest absolute Gasteiger partial charge is 0.389 e. The van der Waals surface area contributed by atoms with Crippen LogP contribution in [0.5, 0.6) is 0 Å². The summed E-state index contributed by atoms with van der Waals surface area (Å²) in [5, 5.41) is -0.961. The van der Waals surface area contributed by atoms with Crippen molar-refractivity contribution in [3.8, 4) is 0 Å². The summed E-state index contributed by atoms with van der Waals surface area (Å²) in [5.74, 6) is 0. The molecule has 3 N–H and O–H groups in total. The molecular weight excluding hydrogens is 296 g/mol. The van der Waals surface area contributed by atoms with Gasteiger partial charge in [0, 0.05) is 17.5 Å². The zero-order valence-electron chi connectivity index (χ0n) is 9.45. The number of hydrogen-bond acceptors (Lipinski definition) is 5. The Morgan fingerprint density at radius 3 is 2.11 bits per heavy atom. The SMILES string of the molecule is CS(=O)(=O)CS(=O)(=O)Nc1ccc(C(N)=S)cc1. The molecule has 0 atom stereocenters. The van der Waals surface area contributed by atoms with Crippen LogP contribution in [0.4, 0.5) is 5.69 Å². The first-order valence-corrected chi connectivity index (χ1v) is 8.79. The highest BCUT2D eigenvalue weighted by Crippen LogP contribution is 2.12.